The van der Waals surface area contributed by atoms with E-state index in [9.17, 15) is 14.4 Å². The molecule has 274 valence electrons. The number of halogens is 1. The quantitative estimate of drug-likeness (QED) is 0.0850. The van der Waals surface area contributed by atoms with E-state index in [1.54, 1.807) is 50.8 Å². The standard InChI is InChI=1S/C36H48ClN7O6Si/c1-9-49-34(46)24-13-11-23(12-14-24)28-25(19-27(37)26-20-43(41-30(26)28)21-48-17-18-51(6,7)8)22(2)39-33(45)29-31(40-35(47)50-36(3,4)5)42-44-16-10-15-38-32(29)44/h10-11,15-16,19-20,22,24H,9,12-14,17-18,21H2,1-8H3,(H,39,45)(H,40,42,47). The molecule has 1 aromatic carbocycles. The number of aromatic nitrogens is 5. The molecule has 0 spiro atoms. The molecule has 0 aliphatic heterocycles. The fourth-order valence-electron chi connectivity index (χ4n) is 5.95. The monoisotopic (exact) mass is 737 g/mol. The van der Waals surface area contributed by atoms with Gasteiger partial charge < -0.3 is 19.5 Å². The second-order valence-corrected chi connectivity index (χ2v) is 21.0. The summed E-state index contributed by atoms with van der Waals surface area (Å²) in [6, 6.07) is 3.98. The predicted molar refractivity (Wildman–Crippen MR) is 200 cm³/mol. The minimum absolute atomic E-state index is 0.00854. The normalized spacial score (nSPS) is 15.8. The first-order chi connectivity index (χ1) is 24.0. The minimum Gasteiger partial charge on any atom is -0.466 e. The van der Waals surface area contributed by atoms with E-state index in [0.717, 1.165) is 28.1 Å². The van der Waals surface area contributed by atoms with Gasteiger partial charge in [0.05, 0.1) is 23.6 Å². The Morgan fingerprint density at radius 1 is 1.18 bits per heavy atom. The fraction of sp³-hybridized carbons (Fsp3) is 0.500. The van der Waals surface area contributed by atoms with Gasteiger partial charge in [-0.15, -0.1) is 5.10 Å². The van der Waals surface area contributed by atoms with Crippen molar-refractivity contribution in [2.45, 2.75) is 97.9 Å². The van der Waals surface area contributed by atoms with Gasteiger partial charge in [0.1, 0.15) is 23.4 Å². The van der Waals surface area contributed by atoms with E-state index in [2.05, 4.69) is 46.4 Å². The number of esters is 1. The highest BCUT2D eigenvalue weighted by molar-refractivity contribution is 6.76. The lowest BCUT2D eigenvalue weighted by Crippen LogP contribution is -2.30. The summed E-state index contributed by atoms with van der Waals surface area (Å²) < 4.78 is 19.9. The Kier molecular flexibility index (Phi) is 11.6. The first-order valence-corrected chi connectivity index (χ1v) is 21.4. The molecule has 0 bridgehead atoms. The highest BCUT2D eigenvalue weighted by atomic mass is 35.5. The summed E-state index contributed by atoms with van der Waals surface area (Å²) in [5, 5.41) is 16.3. The van der Waals surface area contributed by atoms with Crippen LogP contribution in [0.15, 0.2) is 36.8 Å². The van der Waals surface area contributed by atoms with Gasteiger partial charge in [-0.3, -0.25) is 14.9 Å². The first kappa shape index (κ1) is 38.0. The van der Waals surface area contributed by atoms with E-state index in [-0.39, 0.29) is 35.6 Å². The summed E-state index contributed by atoms with van der Waals surface area (Å²) in [7, 11) is -1.26. The van der Waals surface area contributed by atoms with Crippen molar-refractivity contribution in [1.82, 2.24) is 29.7 Å². The van der Waals surface area contributed by atoms with Crippen molar-refractivity contribution in [1.29, 1.82) is 0 Å². The Morgan fingerprint density at radius 2 is 1.94 bits per heavy atom. The largest absolute Gasteiger partial charge is 0.466 e. The van der Waals surface area contributed by atoms with E-state index in [1.807, 2.05) is 19.2 Å². The molecule has 15 heteroatoms. The molecule has 2 amide bonds. The molecule has 5 rings (SSSR count). The Labute approximate surface area is 304 Å². The van der Waals surface area contributed by atoms with E-state index >= 15 is 0 Å². The third-order valence-corrected chi connectivity index (χ3v) is 10.5. The summed E-state index contributed by atoms with van der Waals surface area (Å²) >= 11 is 6.93. The number of amides is 2. The summed E-state index contributed by atoms with van der Waals surface area (Å²) in [5.41, 5.74) is 2.85. The molecule has 4 aromatic rings. The van der Waals surface area contributed by atoms with Crippen molar-refractivity contribution in [2.75, 3.05) is 18.5 Å². The molecule has 0 saturated heterocycles. The molecule has 0 fully saturated rings. The Balaban J connectivity index is 1.51. The molecule has 0 radical (unpaired) electrons. The maximum Gasteiger partial charge on any atom is 0.413 e. The van der Waals surface area contributed by atoms with Crippen molar-refractivity contribution in [3.8, 4) is 0 Å². The van der Waals surface area contributed by atoms with Crippen LogP contribution in [0.2, 0.25) is 30.7 Å². The van der Waals surface area contributed by atoms with Crippen LogP contribution in [0.4, 0.5) is 10.6 Å². The van der Waals surface area contributed by atoms with Gasteiger partial charge >= 0.3 is 12.1 Å². The van der Waals surface area contributed by atoms with Gasteiger partial charge in [-0.1, -0.05) is 37.3 Å². The van der Waals surface area contributed by atoms with E-state index in [1.165, 1.54) is 4.52 Å². The topological polar surface area (TPSA) is 151 Å². The fourth-order valence-corrected chi connectivity index (χ4v) is 6.96. The van der Waals surface area contributed by atoms with Crippen molar-refractivity contribution in [3.63, 3.8) is 0 Å². The van der Waals surface area contributed by atoms with Gasteiger partial charge in [-0.05, 0) is 83.2 Å². The molecule has 1 aliphatic carbocycles. The Hall–Kier alpha value is -4.27. The molecule has 3 aromatic heterocycles. The molecule has 0 saturated carbocycles. The van der Waals surface area contributed by atoms with Crippen LogP contribution in [0.5, 0.6) is 0 Å². The van der Waals surface area contributed by atoms with Gasteiger partial charge in [-0.2, -0.15) is 5.10 Å². The van der Waals surface area contributed by atoms with Crippen LogP contribution in [0, 0.1) is 5.92 Å². The summed E-state index contributed by atoms with van der Waals surface area (Å²) in [4.78, 5) is 43.8. The van der Waals surface area contributed by atoms with Crippen molar-refractivity contribution in [3.05, 3.63) is 58.5 Å². The number of allylic oxidation sites excluding steroid dienone is 2. The molecule has 51 heavy (non-hydrogen) atoms. The third kappa shape index (κ3) is 9.34. The lowest BCUT2D eigenvalue weighted by Gasteiger charge is -2.25. The number of nitrogens with one attached hydrogen (secondary N) is 2. The third-order valence-electron chi connectivity index (χ3n) is 8.45. The number of ether oxygens (including phenoxy) is 3. The number of hydrogen-bond donors (Lipinski definition) is 2. The van der Waals surface area contributed by atoms with Crippen LogP contribution in [0.3, 0.4) is 0 Å². The first-order valence-electron chi connectivity index (χ1n) is 17.3. The lowest BCUT2D eigenvalue weighted by atomic mass is 9.83. The number of rotatable bonds is 12. The van der Waals surface area contributed by atoms with Crippen molar-refractivity contribution >= 4 is 65.6 Å². The zero-order valence-corrected chi connectivity index (χ0v) is 32.4. The Morgan fingerprint density at radius 3 is 2.61 bits per heavy atom. The predicted octanol–water partition coefficient (Wildman–Crippen LogP) is 7.63. The Bertz CT molecular complexity index is 1960. The molecule has 13 nitrogen and oxygen atoms in total. The smallest absolute Gasteiger partial charge is 0.413 e. The van der Waals surface area contributed by atoms with E-state index in [4.69, 9.17) is 30.9 Å². The zero-order chi connectivity index (χ0) is 37.1. The number of hydrogen-bond acceptors (Lipinski definition) is 9. The lowest BCUT2D eigenvalue weighted by molar-refractivity contribution is -0.148. The average molecular weight is 738 g/mol. The number of benzene rings is 1. The number of carbonyl (C=O) groups excluding carboxylic acids is 3. The van der Waals surface area contributed by atoms with Gasteiger partial charge in [0.2, 0.25) is 0 Å². The average Bonchev–Trinajstić information content (AvgIpc) is 3.63. The van der Waals surface area contributed by atoms with Crippen LogP contribution < -0.4 is 10.6 Å². The number of nitrogens with zero attached hydrogens (tertiary/aromatic N) is 5. The number of anilines is 1. The van der Waals surface area contributed by atoms with E-state index in [0.29, 0.717) is 43.0 Å². The maximum atomic E-state index is 14.1. The molecule has 3 heterocycles. The van der Waals surface area contributed by atoms with Crippen molar-refractivity contribution < 1.29 is 28.6 Å². The van der Waals surface area contributed by atoms with Crippen LogP contribution in [-0.2, 0) is 25.7 Å². The highest BCUT2D eigenvalue weighted by Gasteiger charge is 2.30. The van der Waals surface area contributed by atoms with Crippen LogP contribution in [-0.4, -0.2) is 69.2 Å². The second kappa shape index (κ2) is 15.5. The number of carbonyl (C=O) groups is 3. The summed E-state index contributed by atoms with van der Waals surface area (Å²) in [6.07, 6.45) is 8.12. The molecule has 2 unspecified atom stereocenters. The zero-order valence-electron chi connectivity index (χ0n) is 30.6. The van der Waals surface area contributed by atoms with Crippen LogP contribution in [0.25, 0.3) is 22.1 Å². The van der Waals surface area contributed by atoms with Gasteiger partial charge in [0, 0.05) is 44.2 Å². The van der Waals surface area contributed by atoms with E-state index < -0.39 is 31.7 Å². The SMILES string of the molecule is CCOC(=O)C1CC=C(c2c(C(C)NC(=O)c3c(NC(=O)OC(C)(C)C)nn4cccnc34)cc(Cl)c3cn(COCC[Si](C)(C)C)nc23)CC1. The molecular weight excluding hydrogens is 690 g/mol. The maximum absolute atomic E-state index is 14.1. The van der Waals surface area contributed by atoms with Crippen LogP contribution >= 0.6 is 11.6 Å². The van der Waals surface area contributed by atoms with Gasteiger partial charge in [-0.25, -0.2) is 19.0 Å². The minimum atomic E-state index is -1.26. The van der Waals surface area contributed by atoms with Crippen molar-refractivity contribution in [2.24, 2.45) is 5.92 Å². The van der Waals surface area contributed by atoms with Crippen LogP contribution in [0.1, 0.15) is 81.4 Å². The van der Waals surface area contributed by atoms with Gasteiger partial charge in [0.15, 0.2) is 11.5 Å². The molecule has 1 aliphatic rings. The number of fused-ring (bicyclic) bond motifs is 2. The summed E-state index contributed by atoms with van der Waals surface area (Å²) in [5.74, 6) is -0.930. The summed E-state index contributed by atoms with van der Waals surface area (Å²) in [6.45, 7) is 17.1. The molecular formula is C36H48ClN7O6Si. The molecule has 2 N–H and O–H groups in total. The van der Waals surface area contributed by atoms with Gasteiger partial charge in [0.25, 0.3) is 5.91 Å². The molecule has 2 atom stereocenters. The highest BCUT2D eigenvalue weighted by Crippen LogP contribution is 2.41. The second-order valence-electron chi connectivity index (χ2n) is 15.0.